The van der Waals surface area contributed by atoms with Crippen LogP contribution in [0.1, 0.15) is 78.4 Å². The molecule has 2 heteroatoms. The predicted molar refractivity (Wildman–Crippen MR) is 88.4 cm³/mol. The highest BCUT2D eigenvalue weighted by molar-refractivity contribution is 5.57. The zero-order chi connectivity index (χ0) is 15.6. The fourth-order valence-electron chi connectivity index (χ4n) is 3.21. The monoisotopic (exact) mass is 277 g/mol. The van der Waals surface area contributed by atoms with Crippen LogP contribution in [0.15, 0.2) is 12.1 Å². The third-order valence-electron chi connectivity index (χ3n) is 4.34. The summed E-state index contributed by atoms with van der Waals surface area (Å²) in [4.78, 5) is 0. The fourth-order valence-corrected chi connectivity index (χ4v) is 3.21. The molecule has 0 amide bonds. The van der Waals surface area contributed by atoms with Gasteiger partial charge in [-0.05, 0) is 35.8 Å². The lowest BCUT2D eigenvalue weighted by molar-refractivity contribution is 0.389. The van der Waals surface area contributed by atoms with Gasteiger partial charge in [-0.3, -0.25) is 0 Å². The van der Waals surface area contributed by atoms with Crippen molar-refractivity contribution >= 4 is 5.69 Å². The van der Waals surface area contributed by atoms with Crippen molar-refractivity contribution in [2.45, 2.75) is 78.1 Å². The second-order valence-corrected chi connectivity index (χ2v) is 7.23. The maximum Gasteiger partial charge on any atom is 0.123 e. The maximum absolute atomic E-state index is 10.8. The number of hydrogen-bond acceptors (Lipinski definition) is 2. The lowest BCUT2D eigenvalue weighted by atomic mass is 9.74. The quantitative estimate of drug-likeness (QED) is 0.559. The number of anilines is 1. The zero-order valence-corrected chi connectivity index (χ0v) is 14.0. The minimum Gasteiger partial charge on any atom is -0.507 e. The van der Waals surface area contributed by atoms with Crippen molar-refractivity contribution in [3.05, 3.63) is 23.3 Å². The number of rotatable bonds is 6. The number of phenolic OH excluding ortho intramolecular Hbond substituents is 1. The van der Waals surface area contributed by atoms with Crippen LogP contribution in [0.2, 0.25) is 0 Å². The van der Waals surface area contributed by atoms with Gasteiger partial charge in [0.25, 0.3) is 0 Å². The minimum absolute atomic E-state index is 0.0503. The van der Waals surface area contributed by atoms with Gasteiger partial charge in [0.1, 0.15) is 5.75 Å². The molecule has 2 nitrogen and oxygen atoms in total. The molecule has 0 aliphatic rings. The molecule has 0 atom stereocenters. The molecule has 0 bridgehead atoms. The molecular weight excluding hydrogens is 246 g/mol. The molecule has 114 valence electrons. The Balaban J connectivity index is 3.40. The molecule has 1 aromatic rings. The van der Waals surface area contributed by atoms with E-state index in [1.165, 1.54) is 0 Å². The molecule has 3 N–H and O–H groups in total. The third-order valence-corrected chi connectivity index (χ3v) is 4.34. The summed E-state index contributed by atoms with van der Waals surface area (Å²) in [6.45, 7) is 13.1. The van der Waals surface area contributed by atoms with E-state index in [0.29, 0.717) is 5.75 Å². The largest absolute Gasteiger partial charge is 0.507 e. The molecule has 20 heavy (non-hydrogen) atoms. The smallest absolute Gasteiger partial charge is 0.123 e. The second kappa shape index (κ2) is 6.07. The molecule has 0 heterocycles. The Morgan fingerprint density at radius 3 is 1.55 bits per heavy atom. The van der Waals surface area contributed by atoms with Gasteiger partial charge in [-0.25, -0.2) is 0 Å². The topological polar surface area (TPSA) is 46.2 Å². The Labute approximate surface area is 124 Å². The van der Waals surface area contributed by atoms with E-state index in [9.17, 15) is 5.11 Å². The fraction of sp³-hybridized carbons (Fsp3) is 0.667. The van der Waals surface area contributed by atoms with Crippen molar-refractivity contribution in [1.82, 2.24) is 0 Å². The van der Waals surface area contributed by atoms with Gasteiger partial charge in [-0.15, -0.1) is 0 Å². The normalized spacial score (nSPS) is 12.7. The van der Waals surface area contributed by atoms with E-state index in [2.05, 4.69) is 41.5 Å². The van der Waals surface area contributed by atoms with Crippen molar-refractivity contribution in [3.63, 3.8) is 0 Å². The summed E-state index contributed by atoms with van der Waals surface area (Å²) < 4.78 is 0. The highest BCUT2D eigenvalue weighted by atomic mass is 16.3. The zero-order valence-electron chi connectivity index (χ0n) is 14.0. The molecule has 0 spiro atoms. The Bertz CT molecular complexity index is 421. The van der Waals surface area contributed by atoms with Crippen molar-refractivity contribution in [2.75, 3.05) is 5.73 Å². The summed E-state index contributed by atoms with van der Waals surface area (Å²) in [5.74, 6) is 0.441. The van der Waals surface area contributed by atoms with Crippen LogP contribution in [0.3, 0.4) is 0 Å². The number of phenols is 1. The van der Waals surface area contributed by atoms with Gasteiger partial charge in [0.2, 0.25) is 0 Å². The van der Waals surface area contributed by atoms with Crippen LogP contribution < -0.4 is 5.73 Å². The molecule has 0 saturated carbocycles. The molecule has 0 saturated heterocycles. The van der Waals surface area contributed by atoms with Crippen LogP contribution in [0, 0.1) is 0 Å². The molecule has 0 unspecified atom stereocenters. The van der Waals surface area contributed by atoms with Gasteiger partial charge in [0, 0.05) is 16.8 Å². The first kappa shape index (κ1) is 16.9. The average Bonchev–Trinajstić information content (AvgIpc) is 2.31. The minimum atomic E-state index is -0.0503. The van der Waals surface area contributed by atoms with E-state index in [1.54, 1.807) is 0 Å². The SMILES string of the molecule is CCCC(C)(C)c1cc(N)cc(C(C)(C)CCC)c1O. The maximum atomic E-state index is 10.8. The van der Waals surface area contributed by atoms with Crippen molar-refractivity contribution in [1.29, 1.82) is 0 Å². The van der Waals surface area contributed by atoms with E-state index in [-0.39, 0.29) is 10.8 Å². The van der Waals surface area contributed by atoms with Crippen molar-refractivity contribution in [2.24, 2.45) is 0 Å². The summed E-state index contributed by atoms with van der Waals surface area (Å²) in [5.41, 5.74) is 8.72. The standard InChI is InChI=1S/C18H31NO/c1-7-9-17(3,4)14-11-13(19)12-15(16(14)20)18(5,6)10-8-2/h11-12,20H,7-10,19H2,1-6H3. The number of nitrogens with two attached hydrogens (primary N) is 1. The molecule has 0 aliphatic carbocycles. The Morgan fingerprint density at radius 1 is 0.900 bits per heavy atom. The Morgan fingerprint density at radius 2 is 1.25 bits per heavy atom. The number of aromatic hydroxyl groups is 1. The van der Waals surface area contributed by atoms with Crippen molar-refractivity contribution < 1.29 is 5.11 Å². The molecule has 0 aromatic heterocycles. The molecule has 0 radical (unpaired) electrons. The molecule has 1 rings (SSSR count). The summed E-state index contributed by atoms with van der Waals surface area (Å²) in [5, 5.41) is 10.8. The first-order chi connectivity index (χ1) is 9.15. The van der Waals surface area contributed by atoms with E-state index >= 15 is 0 Å². The molecular formula is C18H31NO. The lowest BCUT2D eigenvalue weighted by Crippen LogP contribution is -2.22. The second-order valence-electron chi connectivity index (χ2n) is 7.23. The van der Waals surface area contributed by atoms with Gasteiger partial charge in [0.15, 0.2) is 0 Å². The summed E-state index contributed by atoms with van der Waals surface area (Å²) in [6.07, 6.45) is 4.26. The van der Waals surface area contributed by atoms with Crippen LogP contribution in [0.25, 0.3) is 0 Å². The number of nitrogen functional groups attached to an aromatic ring is 1. The summed E-state index contributed by atoms with van der Waals surface area (Å²) in [7, 11) is 0. The predicted octanol–water partition coefficient (Wildman–Crippen LogP) is 5.13. The molecule has 1 aromatic carbocycles. The summed E-state index contributed by atoms with van der Waals surface area (Å²) >= 11 is 0. The average molecular weight is 277 g/mol. The van der Waals surface area contributed by atoms with E-state index in [1.807, 2.05) is 12.1 Å². The lowest BCUT2D eigenvalue weighted by Gasteiger charge is -2.32. The highest BCUT2D eigenvalue weighted by Gasteiger charge is 2.30. The number of benzene rings is 1. The first-order valence-corrected chi connectivity index (χ1v) is 7.79. The van der Waals surface area contributed by atoms with Gasteiger partial charge in [0.05, 0.1) is 0 Å². The van der Waals surface area contributed by atoms with Crippen molar-refractivity contribution in [3.8, 4) is 5.75 Å². The van der Waals surface area contributed by atoms with Crippen LogP contribution in [-0.2, 0) is 10.8 Å². The van der Waals surface area contributed by atoms with Gasteiger partial charge >= 0.3 is 0 Å². The molecule has 0 aliphatic heterocycles. The van der Waals surface area contributed by atoms with Crippen LogP contribution in [0.4, 0.5) is 5.69 Å². The first-order valence-electron chi connectivity index (χ1n) is 7.79. The summed E-state index contributed by atoms with van der Waals surface area (Å²) in [6, 6.07) is 3.88. The van der Waals surface area contributed by atoms with Gasteiger partial charge in [-0.2, -0.15) is 0 Å². The van der Waals surface area contributed by atoms with E-state index in [4.69, 9.17) is 5.73 Å². The molecule has 0 fully saturated rings. The number of hydrogen-bond donors (Lipinski definition) is 2. The van der Waals surface area contributed by atoms with E-state index < -0.39 is 0 Å². The van der Waals surface area contributed by atoms with Crippen LogP contribution >= 0.6 is 0 Å². The van der Waals surface area contributed by atoms with Crippen LogP contribution in [0.5, 0.6) is 5.75 Å². The Kier molecular flexibility index (Phi) is 5.12. The van der Waals surface area contributed by atoms with Gasteiger partial charge in [-0.1, -0.05) is 54.4 Å². The van der Waals surface area contributed by atoms with Gasteiger partial charge < -0.3 is 10.8 Å². The third kappa shape index (κ3) is 3.47. The van der Waals surface area contributed by atoms with Crippen LogP contribution in [-0.4, -0.2) is 5.11 Å². The van der Waals surface area contributed by atoms with E-state index in [0.717, 1.165) is 42.5 Å². The highest BCUT2D eigenvalue weighted by Crippen LogP contribution is 2.43. The Hall–Kier alpha value is -1.18.